The zero-order valence-corrected chi connectivity index (χ0v) is 10.5. The number of carbonyl (C=O) groups is 1. The maximum Gasteiger partial charge on any atom is 0.258 e. The maximum atomic E-state index is 12.1. The summed E-state index contributed by atoms with van der Waals surface area (Å²) in [5.74, 6) is 0.0885. The second-order valence-corrected chi connectivity index (χ2v) is 3.98. The fourth-order valence-corrected chi connectivity index (χ4v) is 1.50. The van der Waals surface area contributed by atoms with Crippen molar-refractivity contribution in [1.29, 1.82) is 5.26 Å². The molecule has 6 heteroatoms. The monoisotopic (exact) mass is 253 g/mol. The van der Waals surface area contributed by atoms with Crippen LogP contribution in [0, 0.1) is 25.2 Å². The molecule has 0 aliphatic rings. The summed E-state index contributed by atoms with van der Waals surface area (Å²) in [7, 11) is 0. The van der Waals surface area contributed by atoms with Gasteiger partial charge in [0, 0.05) is 6.20 Å². The standard InChI is InChI=1S/C13H11N5O/c1-8-5-11(9(2)18-17-8)13(19)16-12-4-3-10(6-14)7-15-12/h3-5,7H,1-2H3,(H,15,16,19). The van der Waals surface area contributed by atoms with Crippen molar-refractivity contribution in [3.05, 3.63) is 46.9 Å². The van der Waals surface area contributed by atoms with E-state index in [1.54, 1.807) is 32.0 Å². The zero-order chi connectivity index (χ0) is 13.8. The molecule has 0 aliphatic heterocycles. The van der Waals surface area contributed by atoms with Crippen LogP contribution in [0.15, 0.2) is 24.4 Å². The molecule has 2 aromatic heterocycles. The van der Waals surface area contributed by atoms with Gasteiger partial charge in [-0.3, -0.25) is 4.79 Å². The van der Waals surface area contributed by atoms with Gasteiger partial charge in [0.2, 0.25) is 0 Å². The van der Waals surface area contributed by atoms with Crippen molar-refractivity contribution in [2.75, 3.05) is 5.32 Å². The van der Waals surface area contributed by atoms with E-state index in [1.165, 1.54) is 6.20 Å². The number of nitrogens with one attached hydrogen (secondary N) is 1. The van der Waals surface area contributed by atoms with Gasteiger partial charge in [-0.05, 0) is 32.0 Å². The number of nitrogens with zero attached hydrogens (tertiary/aromatic N) is 4. The first kappa shape index (κ1) is 12.6. The number of carbonyl (C=O) groups excluding carboxylic acids is 1. The first-order chi connectivity index (χ1) is 9.10. The van der Waals surface area contributed by atoms with Gasteiger partial charge in [-0.25, -0.2) is 4.98 Å². The van der Waals surface area contributed by atoms with Crippen molar-refractivity contribution in [2.24, 2.45) is 0 Å². The number of nitriles is 1. The van der Waals surface area contributed by atoms with Crippen LogP contribution in [-0.4, -0.2) is 21.1 Å². The highest BCUT2D eigenvalue weighted by atomic mass is 16.1. The molecule has 1 amide bonds. The number of aryl methyl sites for hydroxylation is 2. The highest BCUT2D eigenvalue weighted by Crippen LogP contribution is 2.10. The van der Waals surface area contributed by atoms with E-state index in [2.05, 4.69) is 20.5 Å². The second-order valence-electron chi connectivity index (χ2n) is 3.98. The number of anilines is 1. The molecule has 19 heavy (non-hydrogen) atoms. The molecule has 0 radical (unpaired) electrons. The summed E-state index contributed by atoms with van der Waals surface area (Å²) < 4.78 is 0. The highest BCUT2D eigenvalue weighted by molar-refractivity contribution is 6.04. The van der Waals surface area contributed by atoms with Crippen LogP contribution in [0.2, 0.25) is 0 Å². The van der Waals surface area contributed by atoms with E-state index in [1.807, 2.05) is 6.07 Å². The van der Waals surface area contributed by atoms with Crippen LogP contribution in [-0.2, 0) is 0 Å². The summed E-state index contributed by atoms with van der Waals surface area (Å²) >= 11 is 0. The Bertz CT molecular complexity index is 658. The van der Waals surface area contributed by atoms with Gasteiger partial charge in [0.25, 0.3) is 5.91 Å². The van der Waals surface area contributed by atoms with Gasteiger partial charge in [0.15, 0.2) is 0 Å². The quantitative estimate of drug-likeness (QED) is 0.877. The predicted octanol–water partition coefficient (Wildman–Crippen LogP) is 1.61. The number of aromatic nitrogens is 3. The lowest BCUT2D eigenvalue weighted by Crippen LogP contribution is -2.15. The fourth-order valence-electron chi connectivity index (χ4n) is 1.50. The summed E-state index contributed by atoms with van der Waals surface area (Å²) in [5, 5.41) is 19.1. The summed E-state index contributed by atoms with van der Waals surface area (Å²) in [5.41, 5.74) is 2.12. The first-order valence-corrected chi connectivity index (χ1v) is 5.58. The molecular formula is C13H11N5O. The Kier molecular flexibility index (Phi) is 3.48. The summed E-state index contributed by atoms with van der Waals surface area (Å²) in [4.78, 5) is 16.0. The van der Waals surface area contributed by atoms with E-state index >= 15 is 0 Å². The minimum absolute atomic E-state index is 0.298. The zero-order valence-electron chi connectivity index (χ0n) is 10.5. The average molecular weight is 253 g/mol. The van der Waals surface area contributed by atoms with Crippen LogP contribution in [0.1, 0.15) is 27.3 Å². The third-order valence-electron chi connectivity index (χ3n) is 2.48. The van der Waals surface area contributed by atoms with Crippen LogP contribution in [0.5, 0.6) is 0 Å². The highest BCUT2D eigenvalue weighted by Gasteiger charge is 2.11. The summed E-state index contributed by atoms with van der Waals surface area (Å²) in [6.07, 6.45) is 1.40. The molecule has 0 saturated heterocycles. The molecular weight excluding hydrogens is 242 g/mol. The van der Waals surface area contributed by atoms with Crippen LogP contribution in [0.3, 0.4) is 0 Å². The third-order valence-corrected chi connectivity index (χ3v) is 2.48. The molecule has 6 nitrogen and oxygen atoms in total. The number of hydrogen-bond donors (Lipinski definition) is 1. The molecule has 0 saturated carbocycles. The summed E-state index contributed by atoms with van der Waals surface area (Å²) in [6, 6.07) is 6.80. The normalized spacial score (nSPS) is 9.74. The molecule has 0 bridgehead atoms. The van der Waals surface area contributed by atoms with Crippen molar-refractivity contribution in [2.45, 2.75) is 13.8 Å². The lowest BCUT2D eigenvalue weighted by atomic mass is 10.2. The Morgan fingerprint density at radius 1 is 1.32 bits per heavy atom. The largest absolute Gasteiger partial charge is 0.307 e. The Morgan fingerprint density at radius 3 is 2.74 bits per heavy atom. The van der Waals surface area contributed by atoms with Crippen LogP contribution < -0.4 is 5.32 Å². The van der Waals surface area contributed by atoms with Gasteiger partial charge < -0.3 is 5.32 Å². The minimum Gasteiger partial charge on any atom is -0.307 e. The van der Waals surface area contributed by atoms with Gasteiger partial charge in [-0.2, -0.15) is 15.5 Å². The van der Waals surface area contributed by atoms with Gasteiger partial charge in [0.1, 0.15) is 11.9 Å². The van der Waals surface area contributed by atoms with E-state index in [9.17, 15) is 4.79 Å². The van der Waals surface area contributed by atoms with E-state index in [0.717, 1.165) is 0 Å². The topological polar surface area (TPSA) is 91.6 Å². The Hall–Kier alpha value is -2.81. The molecule has 0 fully saturated rings. The Balaban J connectivity index is 2.21. The predicted molar refractivity (Wildman–Crippen MR) is 68.4 cm³/mol. The average Bonchev–Trinajstić information content (AvgIpc) is 2.42. The molecule has 0 atom stereocenters. The summed E-state index contributed by atoms with van der Waals surface area (Å²) in [6.45, 7) is 3.48. The van der Waals surface area contributed by atoms with Crippen molar-refractivity contribution >= 4 is 11.7 Å². The van der Waals surface area contributed by atoms with Gasteiger partial charge in [-0.15, -0.1) is 0 Å². The smallest absolute Gasteiger partial charge is 0.258 e. The molecule has 2 rings (SSSR count). The Labute approximate surface area is 110 Å². The van der Waals surface area contributed by atoms with Crippen LogP contribution in [0.25, 0.3) is 0 Å². The number of hydrogen-bond acceptors (Lipinski definition) is 5. The van der Waals surface area contributed by atoms with Crippen LogP contribution >= 0.6 is 0 Å². The molecule has 0 unspecified atom stereocenters. The van der Waals surface area contributed by atoms with Crippen molar-refractivity contribution in [3.8, 4) is 6.07 Å². The number of pyridine rings is 1. The van der Waals surface area contributed by atoms with Gasteiger partial charge >= 0.3 is 0 Å². The molecule has 0 aliphatic carbocycles. The fraction of sp³-hybridized carbons (Fsp3) is 0.154. The first-order valence-electron chi connectivity index (χ1n) is 5.58. The van der Waals surface area contributed by atoms with Crippen molar-refractivity contribution < 1.29 is 4.79 Å². The van der Waals surface area contributed by atoms with E-state index in [4.69, 9.17) is 5.26 Å². The van der Waals surface area contributed by atoms with Crippen molar-refractivity contribution in [1.82, 2.24) is 15.2 Å². The van der Waals surface area contributed by atoms with Gasteiger partial charge in [-0.1, -0.05) is 0 Å². The molecule has 94 valence electrons. The number of rotatable bonds is 2. The van der Waals surface area contributed by atoms with E-state index in [-0.39, 0.29) is 5.91 Å². The molecule has 2 heterocycles. The Morgan fingerprint density at radius 2 is 2.11 bits per heavy atom. The maximum absolute atomic E-state index is 12.1. The van der Waals surface area contributed by atoms with Crippen molar-refractivity contribution in [3.63, 3.8) is 0 Å². The van der Waals surface area contributed by atoms with E-state index < -0.39 is 0 Å². The molecule has 0 spiro atoms. The minimum atomic E-state index is -0.298. The molecule has 0 aromatic carbocycles. The second kappa shape index (κ2) is 5.23. The molecule has 1 N–H and O–H groups in total. The lowest BCUT2D eigenvalue weighted by Gasteiger charge is -2.06. The third kappa shape index (κ3) is 2.90. The molecule has 2 aromatic rings. The SMILES string of the molecule is Cc1cc(C(=O)Nc2ccc(C#N)cn2)c(C)nn1. The number of amides is 1. The van der Waals surface area contributed by atoms with Crippen LogP contribution in [0.4, 0.5) is 5.82 Å². The van der Waals surface area contributed by atoms with Gasteiger partial charge in [0.05, 0.1) is 22.5 Å². The van der Waals surface area contributed by atoms with E-state index in [0.29, 0.717) is 28.3 Å². The lowest BCUT2D eigenvalue weighted by molar-refractivity contribution is 0.102.